The third-order valence-electron chi connectivity index (χ3n) is 2.81. The van der Waals surface area contributed by atoms with E-state index in [1.807, 2.05) is 6.92 Å². The molecule has 0 heterocycles. The summed E-state index contributed by atoms with van der Waals surface area (Å²) in [6.45, 7) is 3.45. The van der Waals surface area contributed by atoms with E-state index in [1.54, 1.807) is 6.92 Å². The monoisotopic (exact) mass is 289 g/mol. The Hall–Kier alpha value is -0.980. The smallest absolute Gasteiger partial charge is 0.243 e. The Kier molecular flexibility index (Phi) is 5.90. The van der Waals surface area contributed by atoms with Crippen LogP contribution in [0.1, 0.15) is 38.7 Å². The summed E-state index contributed by atoms with van der Waals surface area (Å²) in [6, 6.07) is 3.32. The average molecular weight is 289 g/mol. The summed E-state index contributed by atoms with van der Waals surface area (Å²) in [5.41, 5.74) is 0.364. The lowest BCUT2D eigenvalue weighted by molar-refractivity contribution is 0.281. The lowest BCUT2D eigenvalue weighted by Gasteiger charge is -2.14. The first kappa shape index (κ1) is 16.1. The summed E-state index contributed by atoms with van der Waals surface area (Å²) >= 11 is 0. The average Bonchev–Trinajstić information content (AvgIpc) is 2.36. The minimum atomic E-state index is -3.89. The predicted octanol–water partition coefficient (Wildman–Crippen LogP) is 2.17. The Labute approximate surface area is 113 Å². The van der Waals surface area contributed by atoms with E-state index < -0.39 is 20.7 Å². The van der Waals surface area contributed by atoms with Crippen molar-refractivity contribution in [3.63, 3.8) is 0 Å². The maximum atomic E-state index is 13.6. The van der Waals surface area contributed by atoms with Gasteiger partial charge in [-0.15, -0.1) is 0 Å². The molecule has 0 bridgehead atoms. The van der Waals surface area contributed by atoms with Gasteiger partial charge in [-0.25, -0.2) is 17.5 Å². The highest BCUT2D eigenvalue weighted by Gasteiger charge is 2.21. The largest absolute Gasteiger partial charge is 0.392 e. The molecule has 19 heavy (non-hydrogen) atoms. The Morgan fingerprint density at radius 2 is 2.11 bits per heavy atom. The summed E-state index contributed by atoms with van der Waals surface area (Å²) in [5.74, 6) is -0.813. The van der Waals surface area contributed by atoms with Crippen LogP contribution >= 0.6 is 0 Å². The standard InChI is InChI=1S/C13H20FNO3S/c1-3-4-5-10(2)15-19(17,18)13-8-11(9-16)6-7-12(13)14/h6-8,10,15-16H,3-5,9H2,1-2H3. The summed E-state index contributed by atoms with van der Waals surface area (Å²) in [6.07, 6.45) is 2.58. The topological polar surface area (TPSA) is 66.4 Å². The number of hydrogen-bond acceptors (Lipinski definition) is 3. The van der Waals surface area contributed by atoms with Crippen molar-refractivity contribution < 1.29 is 17.9 Å². The second-order valence-electron chi connectivity index (χ2n) is 4.59. The molecule has 0 aliphatic heterocycles. The summed E-state index contributed by atoms with van der Waals surface area (Å²) in [5, 5.41) is 8.98. The van der Waals surface area contributed by atoms with Crippen LogP contribution in [0.2, 0.25) is 0 Å². The van der Waals surface area contributed by atoms with Gasteiger partial charge in [-0.2, -0.15) is 0 Å². The molecular formula is C13H20FNO3S. The van der Waals surface area contributed by atoms with Crippen molar-refractivity contribution in [2.45, 2.75) is 50.7 Å². The number of unbranched alkanes of at least 4 members (excludes halogenated alkanes) is 1. The highest BCUT2D eigenvalue weighted by molar-refractivity contribution is 7.89. The van der Waals surface area contributed by atoms with Crippen molar-refractivity contribution in [1.29, 1.82) is 0 Å². The molecule has 108 valence electrons. The highest BCUT2D eigenvalue weighted by Crippen LogP contribution is 2.17. The van der Waals surface area contributed by atoms with Crippen molar-refractivity contribution in [3.8, 4) is 0 Å². The number of sulfonamides is 1. The zero-order chi connectivity index (χ0) is 14.5. The van der Waals surface area contributed by atoms with Gasteiger partial charge in [-0.3, -0.25) is 0 Å². The number of benzene rings is 1. The second kappa shape index (κ2) is 6.98. The Morgan fingerprint density at radius 1 is 1.42 bits per heavy atom. The highest BCUT2D eigenvalue weighted by atomic mass is 32.2. The number of aliphatic hydroxyl groups is 1. The molecule has 2 N–H and O–H groups in total. The van der Waals surface area contributed by atoms with Crippen LogP contribution in [0.5, 0.6) is 0 Å². The molecule has 0 aromatic heterocycles. The molecule has 4 nitrogen and oxygen atoms in total. The molecule has 0 fully saturated rings. The van der Waals surface area contributed by atoms with E-state index in [1.165, 1.54) is 6.07 Å². The van der Waals surface area contributed by atoms with Gasteiger partial charge in [0.15, 0.2) is 0 Å². The van der Waals surface area contributed by atoms with Gasteiger partial charge in [0.05, 0.1) is 6.61 Å². The third kappa shape index (κ3) is 4.56. The van der Waals surface area contributed by atoms with E-state index in [0.717, 1.165) is 25.0 Å². The van der Waals surface area contributed by atoms with E-state index in [9.17, 15) is 12.8 Å². The fourth-order valence-electron chi connectivity index (χ4n) is 1.75. The predicted molar refractivity (Wildman–Crippen MR) is 71.6 cm³/mol. The minimum Gasteiger partial charge on any atom is -0.392 e. The van der Waals surface area contributed by atoms with Crippen molar-refractivity contribution in [2.75, 3.05) is 0 Å². The van der Waals surface area contributed by atoms with Gasteiger partial charge in [-0.05, 0) is 31.0 Å². The van der Waals surface area contributed by atoms with Gasteiger partial charge in [-0.1, -0.05) is 25.8 Å². The fourth-order valence-corrected chi connectivity index (χ4v) is 3.16. The second-order valence-corrected chi connectivity index (χ2v) is 6.27. The minimum absolute atomic E-state index is 0.248. The lowest BCUT2D eigenvalue weighted by Crippen LogP contribution is -2.33. The molecule has 1 atom stereocenters. The van der Waals surface area contributed by atoms with Gasteiger partial charge < -0.3 is 5.11 Å². The molecule has 1 rings (SSSR count). The number of aliphatic hydroxyl groups excluding tert-OH is 1. The molecule has 1 unspecified atom stereocenters. The van der Waals surface area contributed by atoms with Gasteiger partial charge in [0.2, 0.25) is 10.0 Å². The maximum Gasteiger partial charge on any atom is 0.243 e. The van der Waals surface area contributed by atoms with Crippen molar-refractivity contribution in [2.24, 2.45) is 0 Å². The summed E-state index contributed by atoms with van der Waals surface area (Å²) in [4.78, 5) is -0.414. The molecular weight excluding hydrogens is 269 g/mol. The number of rotatable bonds is 7. The van der Waals surface area contributed by atoms with Crippen LogP contribution in [-0.4, -0.2) is 19.6 Å². The summed E-state index contributed by atoms with van der Waals surface area (Å²) in [7, 11) is -3.89. The first-order valence-electron chi connectivity index (χ1n) is 6.32. The molecule has 1 aromatic rings. The first-order valence-corrected chi connectivity index (χ1v) is 7.80. The van der Waals surface area contributed by atoms with E-state index in [4.69, 9.17) is 5.11 Å². The third-order valence-corrected chi connectivity index (χ3v) is 4.42. The van der Waals surface area contributed by atoms with Gasteiger partial charge in [0.25, 0.3) is 0 Å². The number of halogens is 1. The van der Waals surface area contributed by atoms with E-state index >= 15 is 0 Å². The number of nitrogens with one attached hydrogen (secondary N) is 1. The van der Waals surface area contributed by atoms with Crippen LogP contribution in [0.25, 0.3) is 0 Å². The van der Waals surface area contributed by atoms with E-state index in [2.05, 4.69) is 4.72 Å². The SMILES string of the molecule is CCCCC(C)NS(=O)(=O)c1cc(CO)ccc1F. The van der Waals surface area contributed by atoms with Gasteiger partial charge >= 0.3 is 0 Å². The van der Waals surface area contributed by atoms with Gasteiger partial charge in [0, 0.05) is 6.04 Å². The molecule has 0 spiro atoms. The molecule has 0 radical (unpaired) electrons. The van der Waals surface area contributed by atoms with Crippen LogP contribution < -0.4 is 4.72 Å². The van der Waals surface area contributed by atoms with Crippen LogP contribution in [0.15, 0.2) is 23.1 Å². The van der Waals surface area contributed by atoms with E-state index in [0.29, 0.717) is 12.0 Å². The van der Waals surface area contributed by atoms with Crippen molar-refractivity contribution >= 4 is 10.0 Å². The normalized spacial score (nSPS) is 13.5. The molecule has 0 aliphatic rings. The Bertz CT molecular complexity index is 517. The van der Waals surface area contributed by atoms with Crippen LogP contribution in [0.3, 0.4) is 0 Å². The van der Waals surface area contributed by atoms with Crippen LogP contribution in [-0.2, 0) is 16.6 Å². The van der Waals surface area contributed by atoms with Crippen LogP contribution in [0.4, 0.5) is 4.39 Å². The van der Waals surface area contributed by atoms with Gasteiger partial charge in [0.1, 0.15) is 10.7 Å². The van der Waals surface area contributed by atoms with Crippen LogP contribution in [0, 0.1) is 5.82 Å². The molecule has 0 saturated heterocycles. The van der Waals surface area contributed by atoms with E-state index in [-0.39, 0.29) is 12.6 Å². The summed E-state index contributed by atoms with van der Waals surface area (Å²) < 4.78 is 40.2. The zero-order valence-corrected chi connectivity index (χ0v) is 12.0. The maximum absolute atomic E-state index is 13.6. The zero-order valence-electron chi connectivity index (χ0n) is 11.2. The molecule has 0 saturated carbocycles. The fraction of sp³-hybridized carbons (Fsp3) is 0.538. The Morgan fingerprint density at radius 3 is 2.68 bits per heavy atom. The van der Waals surface area contributed by atoms with Crippen molar-refractivity contribution in [3.05, 3.63) is 29.6 Å². The molecule has 0 aliphatic carbocycles. The molecule has 6 heteroatoms. The number of hydrogen-bond donors (Lipinski definition) is 2. The molecule has 1 aromatic carbocycles. The molecule has 0 amide bonds. The quantitative estimate of drug-likeness (QED) is 0.808. The van der Waals surface area contributed by atoms with Crippen molar-refractivity contribution in [1.82, 2.24) is 4.72 Å². The first-order chi connectivity index (χ1) is 8.90. The lowest BCUT2D eigenvalue weighted by atomic mass is 10.2. The Balaban J connectivity index is 2.93.